The lowest BCUT2D eigenvalue weighted by atomic mass is 9.86. The second-order valence-electron chi connectivity index (χ2n) is 4.46. The van der Waals surface area contributed by atoms with Gasteiger partial charge in [0.05, 0.1) is 0 Å². The molecule has 0 aromatic heterocycles. The summed E-state index contributed by atoms with van der Waals surface area (Å²) in [6.45, 7) is 2.37. The third-order valence-corrected chi connectivity index (χ3v) is 3.41. The van der Waals surface area contributed by atoms with Crippen molar-refractivity contribution in [3.63, 3.8) is 0 Å². The Morgan fingerprint density at radius 2 is 2.00 bits per heavy atom. The highest BCUT2D eigenvalue weighted by Gasteiger charge is 2.27. The first-order valence-electron chi connectivity index (χ1n) is 5.72. The summed E-state index contributed by atoms with van der Waals surface area (Å²) in [4.78, 5) is 2.42. The van der Waals surface area contributed by atoms with Gasteiger partial charge in [0, 0.05) is 18.5 Å². The van der Waals surface area contributed by atoms with Crippen LogP contribution in [0.2, 0.25) is 0 Å². The van der Waals surface area contributed by atoms with Crippen molar-refractivity contribution in [1.82, 2.24) is 10.2 Å². The van der Waals surface area contributed by atoms with Crippen LogP contribution in [0.3, 0.4) is 0 Å². The van der Waals surface area contributed by atoms with Crippen molar-refractivity contribution in [2.24, 2.45) is 0 Å². The topological polar surface area (TPSA) is 15.3 Å². The molecule has 1 aromatic rings. The van der Waals surface area contributed by atoms with Crippen molar-refractivity contribution in [3.8, 4) is 0 Å². The van der Waals surface area contributed by atoms with Crippen LogP contribution in [0.5, 0.6) is 0 Å². The molecule has 0 amide bonds. The fourth-order valence-electron chi connectivity index (χ4n) is 2.50. The van der Waals surface area contributed by atoms with Gasteiger partial charge in [-0.3, -0.25) is 0 Å². The van der Waals surface area contributed by atoms with E-state index in [1.54, 1.807) is 0 Å². The standard InChI is InChI=1S/C13H20N2/c1-14-13-8-9-15(2)10-12(13)11-6-4-3-5-7-11/h3-7,12-14H,8-10H2,1-2H3. The molecule has 0 bridgehead atoms. The number of likely N-dealkylation sites (N-methyl/N-ethyl adjacent to an activating group) is 2. The Hall–Kier alpha value is -0.860. The van der Waals surface area contributed by atoms with Crippen molar-refractivity contribution in [2.45, 2.75) is 18.4 Å². The van der Waals surface area contributed by atoms with E-state index in [-0.39, 0.29) is 0 Å². The Kier molecular flexibility index (Phi) is 3.39. The maximum Gasteiger partial charge on any atom is 0.0157 e. The van der Waals surface area contributed by atoms with E-state index in [0.29, 0.717) is 12.0 Å². The molecular weight excluding hydrogens is 184 g/mol. The first kappa shape index (κ1) is 10.7. The van der Waals surface area contributed by atoms with Crippen LogP contribution in [0.4, 0.5) is 0 Å². The fraction of sp³-hybridized carbons (Fsp3) is 0.538. The van der Waals surface area contributed by atoms with E-state index in [1.807, 2.05) is 0 Å². The lowest BCUT2D eigenvalue weighted by molar-refractivity contribution is 0.212. The number of hydrogen-bond acceptors (Lipinski definition) is 2. The number of nitrogens with zero attached hydrogens (tertiary/aromatic N) is 1. The molecule has 2 unspecified atom stereocenters. The van der Waals surface area contributed by atoms with Gasteiger partial charge in [-0.05, 0) is 32.6 Å². The molecule has 2 rings (SSSR count). The minimum Gasteiger partial charge on any atom is -0.316 e. The highest BCUT2D eigenvalue weighted by atomic mass is 15.1. The lowest BCUT2D eigenvalue weighted by Gasteiger charge is -2.37. The van der Waals surface area contributed by atoms with Gasteiger partial charge in [0.25, 0.3) is 0 Å². The third-order valence-electron chi connectivity index (χ3n) is 3.41. The zero-order chi connectivity index (χ0) is 10.7. The summed E-state index contributed by atoms with van der Waals surface area (Å²) in [6, 6.07) is 11.5. The first-order chi connectivity index (χ1) is 7.31. The number of piperidine rings is 1. The summed E-state index contributed by atoms with van der Waals surface area (Å²) in [5.41, 5.74) is 1.46. The van der Waals surface area contributed by atoms with Gasteiger partial charge in [-0.1, -0.05) is 30.3 Å². The summed E-state index contributed by atoms with van der Waals surface area (Å²) in [6.07, 6.45) is 1.24. The van der Waals surface area contributed by atoms with Gasteiger partial charge < -0.3 is 10.2 Å². The molecule has 2 nitrogen and oxygen atoms in total. The molecule has 82 valence electrons. The zero-order valence-corrected chi connectivity index (χ0v) is 9.61. The Morgan fingerprint density at radius 3 is 2.67 bits per heavy atom. The third kappa shape index (κ3) is 2.39. The van der Waals surface area contributed by atoms with Gasteiger partial charge >= 0.3 is 0 Å². The molecule has 1 N–H and O–H groups in total. The van der Waals surface area contributed by atoms with Gasteiger partial charge in [0.2, 0.25) is 0 Å². The van der Waals surface area contributed by atoms with Crippen molar-refractivity contribution >= 4 is 0 Å². The van der Waals surface area contributed by atoms with Crippen LogP contribution in [-0.4, -0.2) is 38.1 Å². The Bertz CT molecular complexity index is 297. The van der Waals surface area contributed by atoms with E-state index in [1.165, 1.54) is 18.5 Å². The number of rotatable bonds is 2. The lowest BCUT2D eigenvalue weighted by Crippen LogP contribution is -2.45. The van der Waals surface area contributed by atoms with Crippen LogP contribution in [-0.2, 0) is 0 Å². The molecule has 1 saturated heterocycles. The highest BCUT2D eigenvalue weighted by molar-refractivity contribution is 5.22. The largest absolute Gasteiger partial charge is 0.316 e. The summed E-state index contributed by atoms with van der Waals surface area (Å²) >= 11 is 0. The van der Waals surface area contributed by atoms with Crippen LogP contribution < -0.4 is 5.32 Å². The van der Waals surface area contributed by atoms with Gasteiger partial charge in [-0.25, -0.2) is 0 Å². The van der Waals surface area contributed by atoms with E-state index >= 15 is 0 Å². The molecule has 2 heteroatoms. The average molecular weight is 204 g/mol. The van der Waals surface area contributed by atoms with Gasteiger partial charge in [-0.2, -0.15) is 0 Å². The van der Waals surface area contributed by atoms with Crippen LogP contribution in [0.1, 0.15) is 17.9 Å². The minimum absolute atomic E-state index is 0.628. The maximum atomic E-state index is 3.45. The van der Waals surface area contributed by atoms with Crippen LogP contribution in [0, 0.1) is 0 Å². The van der Waals surface area contributed by atoms with Crippen LogP contribution in [0.15, 0.2) is 30.3 Å². The number of likely N-dealkylation sites (tertiary alicyclic amines) is 1. The Balaban J connectivity index is 2.17. The van der Waals surface area contributed by atoms with Crippen molar-refractivity contribution in [1.29, 1.82) is 0 Å². The molecule has 1 aliphatic rings. The Morgan fingerprint density at radius 1 is 1.27 bits per heavy atom. The number of hydrogen-bond donors (Lipinski definition) is 1. The summed E-state index contributed by atoms with van der Waals surface area (Å²) in [5.74, 6) is 0.634. The van der Waals surface area contributed by atoms with E-state index in [0.717, 1.165) is 6.54 Å². The maximum absolute atomic E-state index is 3.45. The predicted octanol–water partition coefficient (Wildman–Crippen LogP) is 1.69. The van der Waals surface area contributed by atoms with Crippen LogP contribution >= 0.6 is 0 Å². The van der Waals surface area contributed by atoms with Gasteiger partial charge in [-0.15, -0.1) is 0 Å². The molecule has 0 saturated carbocycles. The molecule has 1 heterocycles. The number of nitrogens with one attached hydrogen (secondary N) is 1. The molecule has 1 aromatic carbocycles. The first-order valence-corrected chi connectivity index (χ1v) is 5.72. The molecule has 1 aliphatic heterocycles. The summed E-state index contributed by atoms with van der Waals surface area (Å²) < 4.78 is 0. The normalized spacial score (nSPS) is 27.9. The van der Waals surface area contributed by atoms with Crippen molar-refractivity contribution < 1.29 is 0 Å². The molecule has 1 fully saturated rings. The van der Waals surface area contributed by atoms with E-state index < -0.39 is 0 Å². The van der Waals surface area contributed by atoms with Gasteiger partial charge in [0.1, 0.15) is 0 Å². The monoisotopic (exact) mass is 204 g/mol. The Labute approximate surface area is 92.3 Å². The number of benzene rings is 1. The van der Waals surface area contributed by atoms with E-state index in [2.05, 4.69) is 54.6 Å². The fourth-order valence-corrected chi connectivity index (χ4v) is 2.50. The average Bonchev–Trinajstić information content (AvgIpc) is 2.30. The minimum atomic E-state index is 0.628. The molecule has 0 radical (unpaired) electrons. The quantitative estimate of drug-likeness (QED) is 0.788. The molecule has 0 spiro atoms. The van der Waals surface area contributed by atoms with Crippen molar-refractivity contribution in [2.75, 3.05) is 27.2 Å². The van der Waals surface area contributed by atoms with Gasteiger partial charge in [0.15, 0.2) is 0 Å². The predicted molar refractivity (Wildman–Crippen MR) is 64.1 cm³/mol. The highest BCUT2D eigenvalue weighted by Crippen LogP contribution is 2.26. The summed E-state index contributed by atoms with van der Waals surface area (Å²) in [7, 11) is 4.29. The van der Waals surface area contributed by atoms with Crippen LogP contribution in [0.25, 0.3) is 0 Å². The molecule has 15 heavy (non-hydrogen) atoms. The second kappa shape index (κ2) is 4.77. The smallest absolute Gasteiger partial charge is 0.0157 e. The van der Waals surface area contributed by atoms with E-state index in [4.69, 9.17) is 0 Å². The molecule has 0 aliphatic carbocycles. The van der Waals surface area contributed by atoms with E-state index in [9.17, 15) is 0 Å². The molecular formula is C13H20N2. The second-order valence-corrected chi connectivity index (χ2v) is 4.46. The zero-order valence-electron chi connectivity index (χ0n) is 9.61. The summed E-state index contributed by atoms with van der Waals surface area (Å²) in [5, 5.41) is 3.45. The van der Waals surface area contributed by atoms with Crippen molar-refractivity contribution in [3.05, 3.63) is 35.9 Å². The molecule has 2 atom stereocenters. The SMILES string of the molecule is CNC1CCN(C)CC1c1ccccc1.